The largest absolute Gasteiger partial charge is 0.470 e. The van der Waals surface area contributed by atoms with Crippen molar-refractivity contribution in [2.75, 3.05) is 13.2 Å². The van der Waals surface area contributed by atoms with Crippen LogP contribution in [-0.2, 0) is 13.8 Å². The van der Waals surface area contributed by atoms with Crippen LogP contribution in [0.5, 0.6) is 0 Å². The molecule has 0 aromatic carbocycles. The summed E-state index contributed by atoms with van der Waals surface area (Å²) >= 11 is 0. The van der Waals surface area contributed by atoms with Gasteiger partial charge in [-0.2, -0.15) is 0 Å². The highest BCUT2D eigenvalue weighted by atomic mass is 31.2. The summed E-state index contributed by atoms with van der Waals surface area (Å²) in [6.07, 6.45) is 15.3. The fourth-order valence-electron chi connectivity index (χ4n) is 4.17. The lowest BCUT2D eigenvalue weighted by molar-refractivity contribution is -0.0246. The van der Waals surface area contributed by atoms with Crippen LogP contribution in [0.1, 0.15) is 89.9 Å². The van der Waals surface area contributed by atoms with Crippen LogP contribution in [0.4, 0.5) is 4.79 Å². The molecule has 0 bridgehead atoms. The predicted octanol–water partition coefficient (Wildman–Crippen LogP) is 3.27. The molecule has 200 valence electrons. The molecule has 0 aliphatic carbocycles. The molecule has 1 heterocycles. The average molecular weight is 509 g/mol. The number of unbranched alkanes of at least 4 members (excludes halogenated alkanes) is 11. The molecule has 1 unspecified atom stereocenters. The van der Waals surface area contributed by atoms with E-state index in [2.05, 4.69) is 17.5 Å². The van der Waals surface area contributed by atoms with E-state index in [4.69, 9.17) is 24.8 Å². The minimum atomic E-state index is -4.75. The molecule has 1 fully saturated rings. The Kier molecular flexibility index (Phi) is 16.7. The quantitative estimate of drug-likeness (QED) is 0.0826. The Morgan fingerprint density at radius 3 is 1.97 bits per heavy atom. The molecule has 2 amide bonds. The van der Waals surface area contributed by atoms with E-state index in [0.717, 1.165) is 57.8 Å². The molecule has 10 nitrogen and oxygen atoms in total. The van der Waals surface area contributed by atoms with Crippen molar-refractivity contribution in [1.29, 1.82) is 0 Å². The third-order valence-corrected chi connectivity index (χ3v) is 6.51. The first-order chi connectivity index (χ1) is 16.2. The second-order valence-electron chi connectivity index (χ2n) is 8.96. The molecule has 11 heteroatoms. The number of hydrogen-bond donors (Lipinski definition) is 6. The van der Waals surface area contributed by atoms with Gasteiger partial charge in [0, 0.05) is 6.54 Å². The number of primary amides is 1. The first-order valence-electron chi connectivity index (χ1n) is 12.6. The van der Waals surface area contributed by atoms with Crippen LogP contribution >= 0.6 is 7.82 Å². The number of phosphoric acid groups is 1. The number of hydrogen-bond acceptors (Lipinski definition) is 6. The highest BCUT2D eigenvalue weighted by molar-refractivity contribution is 7.46. The van der Waals surface area contributed by atoms with Crippen LogP contribution in [-0.4, -0.2) is 63.6 Å². The van der Waals surface area contributed by atoms with Gasteiger partial charge in [-0.3, -0.25) is 4.52 Å². The van der Waals surface area contributed by atoms with Crippen LogP contribution < -0.4 is 11.1 Å². The third-order valence-electron chi connectivity index (χ3n) is 6.00. The Labute approximate surface area is 203 Å². The van der Waals surface area contributed by atoms with Crippen LogP contribution in [0.3, 0.4) is 0 Å². The highest BCUT2D eigenvalue weighted by Gasteiger charge is 2.46. The van der Waals surface area contributed by atoms with Crippen molar-refractivity contribution in [2.24, 2.45) is 5.73 Å². The van der Waals surface area contributed by atoms with Gasteiger partial charge in [0.2, 0.25) is 0 Å². The summed E-state index contributed by atoms with van der Waals surface area (Å²) in [5.41, 5.74) is 5.01. The van der Waals surface area contributed by atoms with E-state index in [9.17, 15) is 19.6 Å². The van der Waals surface area contributed by atoms with Crippen LogP contribution in [0.15, 0.2) is 12.2 Å². The number of nitrogens with one attached hydrogen (secondary N) is 1. The summed E-state index contributed by atoms with van der Waals surface area (Å²) in [5.74, 6) is 0. The van der Waals surface area contributed by atoms with Crippen molar-refractivity contribution in [1.82, 2.24) is 5.32 Å². The van der Waals surface area contributed by atoms with E-state index < -0.39 is 44.9 Å². The van der Waals surface area contributed by atoms with Crippen molar-refractivity contribution in [2.45, 2.75) is 114 Å². The highest BCUT2D eigenvalue weighted by Crippen LogP contribution is 2.42. The lowest BCUT2D eigenvalue weighted by atomic mass is 10.0. The van der Waals surface area contributed by atoms with Crippen molar-refractivity contribution in [3.63, 3.8) is 0 Å². The Hall–Kier alpha value is -1.00. The van der Waals surface area contributed by atoms with E-state index in [1.165, 1.54) is 25.7 Å². The van der Waals surface area contributed by atoms with Gasteiger partial charge < -0.3 is 35.8 Å². The third kappa shape index (κ3) is 15.1. The standard InChI is InChI=1S/C23H45N2O8P/c24-23(28)25-17-15-13-11-9-7-5-3-1-2-4-6-8-10-12-14-16-19-22(33-34(29,30)31)21(27)20(18-26)32-19/h1,3,19-22,26-27H,2,4-18H2,(H3,24,25,28)(H2,29,30,31)/b3-1-/t19?,20-,21-,22+/m1/s1. The minimum Gasteiger partial charge on any atom is -0.394 e. The molecule has 4 atom stereocenters. The topological polar surface area (TPSA) is 172 Å². The Balaban J connectivity index is 1.97. The Bertz CT molecular complexity index is 616. The number of amides is 2. The smallest absolute Gasteiger partial charge is 0.394 e. The predicted molar refractivity (Wildman–Crippen MR) is 130 cm³/mol. The lowest BCUT2D eigenvalue weighted by Crippen LogP contribution is -2.35. The molecular weight excluding hydrogens is 463 g/mol. The molecule has 0 saturated carbocycles. The van der Waals surface area contributed by atoms with E-state index in [1.807, 2.05) is 0 Å². The van der Waals surface area contributed by atoms with E-state index >= 15 is 0 Å². The molecule has 0 aromatic heterocycles. The normalized spacial score (nSPS) is 23.1. The molecule has 34 heavy (non-hydrogen) atoms. The number of ether oxygens (including phenoxy) is 1. The molecule has 1 saturated heterocycles. The first-order valence-corrected chi connectivity index (χ1v) is 14.1. The van der Waals surface area contributed by atoms with Gasteiger partial charge in [0.1, 0.15) is 18.3 Å². The van der Waals surface area contributed by atoms with E-state index in [1.54, 1.807) is 0 Å². The van der Waals surface area contributed by atoms with E-state index in [-0.39, 0.29) is 0 Å². The summed E-state index contributed by atoms with van der Waals surface area (Å²) in [6, 6.07) is -0.453. The SMILES string of the molecule is NC(=O)NCCCCCCC/C=C\CCCCCCCCC1O[C@H](CO)[C@@H](O)[C@H]1OP(=O)(O)O. The zero-order chi connectivity index (χ0) is 25.2. The number of allylic oxidation sites excluding steroid dienone is 2. The summed E-state index contributed by atoms with van der Waals surface area (Å²) in [6.45, 7) is 0.235. The van der Waals surface area contributed by atoms with Crippen LogP contribution in [0.2, 0.25) is 0 Å². The molecule has 7 N–H and O–H groups in total. The zero-order valence-electron chi connectivity index (χ0n) is 20.2. The summed E-state index contributed by atoms with van der Waals surface area (Å²) in [4.78, 5) is 28.6. The number of phosphoric ester groups is 1. The van der Waals surface area contributed by atoms with Gasteiger partial charge in [-0.05, 0) is 38.5 Å². The Morgan fingerprint density at radius 2 is 1.44 bits per heavy atom. The number of carbonyl (C=O) groups excluding carboxylic acids is 1. The fraction of sp³-hybridized carbons (Fsp3) is 0.870. The summed E-state index contributed by atoms with van der Waals surface area (Å²) in [5, 5.41) is 21.9. The second kappa shape index (κ2) is 18.3. The van der Waals surface area contributed by atoms with Gasteiger partial charge in [0.05, 0.1) is 12.7 Å². The second-order valence-corrected chi connectivity index (χ2v) is 10.2. The average Bonchev–Trinajstić information content (AvgIpc) is 3.06. The maximum Gasteiger partial charge on any atom is 0.470 e. The number of aliphatic hydroxyl groups is 2. The van der Waals surface area contributed by atoms with Crippen molar-refractivity contribution < 1.29 is 38.6 Å². The van der Waals surface area contributed by atoms with Crippen LogP contribution in [0, 0.1) is 0 Å². The van der Waals surface area contributed by atoms with Crippen molar-refractivity contribution in [3.8, 4) is 0 Å². The van der Waals surface area contributed by atoms with Gasteiger partial charge in [0.25, 0.3) is 0 Å². The molecule has 1 rings (SSSR count). The summed E-state index contributed by atoms with van der Waals surface area (Å²) < 4.78 is 21.4. The number of aliphatic hydroxyl groups excluding tert-OH is 2. The number of carbonyl (C=O) groups is 1. The fourth-order valence-corrected chi connectivity index (χ4v) is 4.74. The zero-order valence-corrected chi connectivity index (χ0v) is 21.1. The van der Waals surface area contributed by atoms with Gasteiger partial charge >= 0.3 is 13.9 Å². The molecular formula is C23H45N2O8P. The minimum absolute atomic E-state index is 0.426. The first kappa shape index (κ1) is 31.0. The van der Waals surface area contributed by atoms with E-state index in [0.29, 0.717) is 13.0 Å². The molecule has 1 aliphatic heterocycles. The molecule has 0 aromatic rings. The van der Waals surface area contributed by atoms with Crippen molar-refractivity contribution >= 4 is 13.9 Å². The maximum absolute atomic E-state index is 11.1. The van der Waals surface area contributed by atoms with Gasteiger partial charge in [-0.25, -0.2) is 9.36 Å². The number of urea groups is 1. The number of nitrogens with two attached hydrogens (primary N) is 1. The molecule has 0 radical (unpaired) electrons. The van der Waals surface area contributed by atoms with Crippen LogP contribution in [0.25, 0.3) is 0 Å². The van der Waals surface area contributed by atoms with Gasteiger partial charge in [0.15, 0.2) is 0 Å². The lowest BCUT2D eigenvalue weighted by Gasteiger charge is -2.21. The van der Waals surface area contributed by atoms with Crippen molar-refractivity contribution in [3.05, 3.63) is 12.2 Å². The molecule has 0 spiro atoms. The Morgan fingerprint density at radius 1 is 0.912 bits per heavy atom. The number of rotatable bonds is 20. The maximum atomic E-state index is 11.1. The van der Waals surface area contributed by atoms with Gasteiger partial charge in [-0.1, -0.05) is 63.5 Å². The summed E-state index contributed by atoms with van der Waals surface area (Å²) in [7, 11) is -4.75. The molecule has 1 aliphatic rings. The monoisotopic (exact) mass is 508 g/mol. The van der Waals surface area contributed by atoms with Gasteiger partial charge in [-0.15, -0.1) is 0 Å².